The number of amides is 1. The van der Waals surface area contributed by atoms with Gasteiger partial charge in [0.05, 0.1) is 5.52 Å². The summed E-state index contributed by atoms with van der Waals surface area (Å²) in [6.45, 7) is 8.75. The van der Waals surface area contributed by atoms with Gasteiger partial charge >= 0.3 is 0 Å². The highest BCUT2D eigenvalue weighted by Gasteiger charge is 2.14. The monoisotopic (exact) mass is 356 g/mol. The number of hydrogen-bond donors (Lipinski definition) is 1. The van der Waals surface area contributed by atoms with Crippen molar-refractivity contribution in [2.24, 2.45) is 0 Å². The van der Waals surface area contributed by atoms with Crippen LogP contribution in [-0.4, -0.2) is 20.7 Å². The third kappa shape index (κ3) is 3.32. The van der Waals surface area contributed by atoms with Crippen molar-refractivity contribution < 1.29 is 4.79 Å². The summed E-state index contributed by atoms with van der Waals surface area (Å²) in [6, 6.07) is 6.80. The van der Waals surface area contributed by atoms with Gasteiger partial charge in [-0.15, -0.1) is 10.2 Å². The first-order chi connectivity index (χ1) is 11.9. The fourth-order valence-corrected chi connectivity index (χ4v) is 3.49. The van der Waals surface area contributed by atoms with E-state index in [-0.39, 0.29) is 17.3 Å². The fourth-order valence-electron chi connectivity index (χ4n) is 2.75. The van der Waals surface area contributed by atoms with Crippen molar-refractivity contribution in [3.05, 3.63) is 50.8 Å². The summed E-state index contributed by atoms with van der Waals surface area (Å²) in [4.78, 5) is 24.8. The normalized spacial score (nSPS) is 11.2. The molecule has 7 heteroatoms. The molecule has 0 saturated heterocycles. The van der Waals surface area contributed by atoms with Crippen LogP contribution in [-0.2, 0) is 6.54 Å². The van der Waals surface area contributed by atoms with Crippen LogP contribution in [0, 0.1) is 6.92 Å². The van der Waals surface area contributed by atoms with E-state index in [2.05, 4.69) is 20.1 Å². The lowest BCUT2D eigenvalue weighted by atomic mass is 10.1. The predicted molar refractivity (Wildman–Crippen MR) is 101 cm³/mol. The van der Waals surface area contributed by atoms with Crippen LogP contribution in [0.2, 0.25) is 0 Å². The lowest BCUT2D eigenvalue weighted by Crippen LogP contribution is -2.15. The maximum Gasteiger partial charge on any atom is 0.257 e. The van der Waals surface area contributed by atoms with Crippen LogP contribution < -0.4 is 10.7 Å². The number of nitrogens with one attached hydrogen (secondary N) is 1. The van der Waals surface area contributed by atoms with Crippen LogP contribution in [0.1, 0.15) is 47.7 Å². The van der Waals surface area contributed by atoms with Crippen LogP contribution in [0.5, 0.6) is 0 Å². The lowest BCUT2D eigenvalue weighted by molar-refractivity contribution is 0.102. The molecule has 2 aromatic heterocycles. The molecular formula is C18H20N4O2S. The summed E-state index contributed by atoms with van der Waals surface area (Å²) >= 11 is 1.36. The van der Waals surface area contributed by atoms with E-state index in [4.69, 9.17) is 0 Å². The van der Waals surface area contributed by atoms with Crippen molar-refractivity contribution in [2.45, 2.75) is 40.2 Å². The standard InChI is InChI=1S/C18H20N4O2S/c1-5-22-11(4)8-15(23)13-9-12(6-7-14(13)22)16(24)19-18-21-20-17(25-18)10(2)3/h6-10H,5H2,1-4H3,(H,19,21,24). The molecular weight excluding hydrogens is 336 g/mol. The number of rotatable bonds is 4. The Morgan fingerprint density at radius 2 is 2.04 bits per heavy atom. The van der Waals surface area contributed by atoms with Gasteiger partial charge in [0, 0.05) is 35.2 Å². The SMILES string of the molecule is CCn1c(C)cc(=O)c2cc(C(=O)Nc3nnc(C(C)C)s3)ccc21. The van der Waals surface area contributed by atoms with Gasteiger partial charge in [0.1, 0.15) is 5.01 Å². The number of fused-ring (bicyclic) bond motifs is 1. The molecule has 3 aromatic rings. The maximum atomic E-state index is 12.5. The van der Waals surface area contributed by atoms with Gasteiger partial charge in [0.15, 0.2) is 5.43 Å². The molecule has 0 aliphatic rings. The number of carbonyl (C=O) groups excluding carboxylic acids is 1. The first-order valence-corrected chi connectivity index (χ1v) is 9.01. The Kier molecular flexibility index (Phi) is 4.67. The van der Waals surface area contributed by atoms with Crippen LogP contribution >= 0.6 is 11.3 Å². The van der Waals surface area contributed by atoms with Gasteiger partial charge in [-0.3, -0.25) is 14.9 Å². The quantitative estimate of drug-likeness (QED) is 0.775. The average molecular weight is 356 g/mol. The van der Waals surface area contributed by atoms with Crippen LogP contribution in [0.3, 0.4) is 0 Å². The molecule has 2 heterocycles. The Bertz CT molecular complexity index is 1000. The lowest BCUT2D eigenvalue weighted by Gasteiger charge is -2.12. The van der Waals surface area contributed by atoms with Gasteiger partial charge in [-0.25, -0.2) is 0 Å². The second-order valence-electron chi connectivity index (χ2n) is 6.18. The van der Waals surface area contributed by atoms with E-state index in [1.54, 1.807) is 18.2 Å². The molecule has 1 aromatic carbocycles. The average Bonchev–Trinajstić information content (AvgIpc) is 3.03. The third-order valence-electron chi connectivity index (χ3n) is 4.05. The minimum absolute atomic E-state index is 0.0788. The smallest absolute Gasteiger partial charge is 0.257 e. The van der Waals surface area contributed by atoms with E-state index in [0.717, 1.165) is 22.8 Å². The van der Waals surface area contributed by atoms with Crippen LogP contribution in [0.15, 0.2) is 29.1 Å². The van der Waals surface area contributed by atoms with Crippen molar-refractivity contribution in [3.8, 4) is 0 Å². The molecule has 130 valence electrons. The van der Waals surface area contributed by atoms with Crippen molar-refractivity contribution in [3.63, 3.8) is 0 Å². The molecule has 0 unspecified atom stereocenters. The van der Waals surface area contributed by atoms with Gasteiger partial charge in [0.25, 0.3) is 5.91 Å². The largest absolute Gasteiger partial charge is 0.345 e. The number of aryl methyl sites for hydroxylation is 2. The minimum Gasteiger partial charge on any atom is -0.345 e. The molecule has 0 bridgehead atoms. The highest BCUT2D eigenvalue weighted by atomic mass is 32.1. The van der Waals surface area contributed by atoms with Crippen molar-refractivity contribution in [2.75, 3.05) is 5.32 Å². The Balaban J connectivity index is 1.95. The van der Waals surface area contributed by atoms with Gasteiger partial charge in [0.2, 0.25) is 5.13 Å². The number of benzene rings is 1. The van der Waals surface area contributed by atoms with Crippen molar-refractivity contribution in [1.82, 2.24) is 14.8 Å². The van der Waals surface area contributed by atoms with Crippen LogP contribution in [0.4, 0.5) is 5.13 Å². The Morgan fingerprint density at radius 1 is 1.28 bits per heavy atom. The van der Waals surface area contributed by atoms with Gasteiger partial charge in [-0.1, -0.05) is 25.2 Å². The summed E-state index contributed by atoms with van der Waals surface area (Å²) in [7, 11) is 0. The second kappa shape index (κ2) is 6.76. The number of aromatic nitrogens is 3. The first kappa shape index (κ1) is 17.3. The number of anilines is 1. The number of hydrogen-bond acceptors (Lipinski definition) is 5. The molecule has 0 spiro atoms. The van der Waals surface area contributed by atoms with Crippen molar-refractivity contribution >= 4 is 33.3 Å². The zero-order chi connectivity index (χ0) is 18.1. The summed E-state index contributed by atoms with van der Waals surface area (Å²) in [5, 5.41) is 12.7. The molecule has 0 atom stereocenters. The second-order valence-corrected chi connectivity index (χ2v) is 7.19. The number of carbonyl (C=O) groups is 1. The predicted octanol–water partition coefficient (Wildman–Crippen LogP) is 3.56. The highest BCUT2D eigenvalue weighted by Crippen LogP contribution is 2.23. The zero-order valence-electron chi connectivity index (χ0n) is 14.7. The Labute approximate surface area is 149 Å². The minimum atomic E-state index is -0.295. The van der Waals surface area contributed by atoms with Gasteiger partial charge < -0.3 is 4.57 Å². The Morgan fingerprint density at radius 3 is 2.68 bits per heavy atom. The van der Waals surface area contributed by atoms with E-state index in [9.17, 15) is 9.59 Å². The van der Waals surface area contributed by atoms with E-state index in [1.807, 2.05) is 33.8 Å². The van der Waals surface area contributed by atoms with E-state index < -0.39 is 0 Å². The van der Waals surface area contributed by atoms with E-state index in [0.29, 0.717) is 16.1 Å². The zero-order valence-corrected chi connectivity index (χ0v) is 15.5. The summed E-state index contributed by atoms with van der Waals surface area (Å²) < 4.78 is 2.05. The molecule has 1 N–H and O–H groups in total. The Hall–Kier alpha value is -2.54. The molecule has 0 radical (unpaired) electrons. The molecule has 25 heavy (non-hydrogen) atoms. The number of pyridine rings is 1. The topological polar surface area (TPSA) is 76.9 Å². The molecule has 6 nitrogen and oxygen atoms in total. The maximum absolute atomic E-state index is 12.5. The molecule has 0 fully saturated rings. The summed E-state index contributed by atoms with van der Waals surface area (Å²) in [6.07, 6.45) is 0. The first-order valence-electron chi connectivity index (χ1n) is 8.19. The molecule has 1 amide bonds. The molecule has 0 aliphatic heterocycles. The summed E-state index contributed by atoms with van der Waals surface area (Å²) in [5.74, 6) is -0.0315. The van der Waals surface area contributed by atoms with E-state index in [1.165, 1.54) is 11.3 Å². The molecule has 3 rings (SSSR count). The summed E-state index contributed by atoms with van der Waals surface area (Å²) in [5.41, 5.74) is 2.09. The molecule has 0 saturated carbocycles. The van der Waals surface area contributed by atoms with Gasteiger partial charge in [-0.05, 0) is 32.0 Å². The van der Waals surface area contributed by atoms with E-state index >= 15 is 0 Å². The fraction of sp³-hybridized carbons (Fsp3) is 0.333. The number of nitrogens with zero attached hydrogens (tertiary/aromatic N) is 3. The molecule has 0 aliphatic carbocycles. The highest BCUT2D eigenvalue weighted by molar-refractivity contribution is 7.15. The van der Waals surface area contributed by atoms with Crippen molar-refractivity contribution in [1.29, 1.82) is 0 Å². The van der Waals surface area contributed by atoms with Gasteiger partial charge in [-0.2, -0.15) is 0 Å². The van der Waals surface area contributed by atoms with Crippen LogP contribution in [0.25, 0.3) is 10.9 Å². The third-order valence-corrected chi connectivity index (χ3v) is 5.19.